The van der Waals surface area contributed by atoms with E-state index in [4.69, 9.17) is 10.6 Å². The van der Waals surface area contributed by atoms with E-state index in [9.17, 15) is 18.0 Å². The molecule has 11 heteroatoms. The van der Waals surface area contributed by atoms with Crippen molar-refractivity contribution in [2.24, 2.45) is 0 Å². The van der Waals surface area contributed by atoms with Crippen molar-refractivity contribution < 1.29 is 22.7 Å². The summed E-state index contributed by atoms with van der Waals surface area (Å²) in [5.41, 5.74) is 1.92. The number of aryl methyl sites for hydroxylation is 2. The van der Waals surface area contributed by atoms with Crippen LogP contribution in [-0.2, 0) is 11.4 Å². The molecule has 0 aliphatic carbocycles. The lowest BCUT2D eigenvalue weighted by atomic mass is 10.1. The molecule has 0 saturated heterocycles. The van der Waals surface area contributed by atoms with Crippen molar-refractivity contribution in [3.05, 3.63) is 35.2 Å². The first-order chi connectivity index (χ1) is 12.6. The van der Waals surface area contributed by atoms with Crippen molar-refractivity contribution in [2.75, 3.05) is 12.4 Å². The molecule has 3 N–H and O–H groups in total. The molecular weight excluding hydrogens is 383 g/mol. The zero-order valence-corrected chi connectivity index (χ0v) is 15.8. The second-order valence-electron chi connectivity index (χ2n) is 5.87. The van der Waals surface area contributed by atoms with Gasteiger partial charge >= 0.3 is 6.18 Å². The SMILES string of the molecule is Cc1cccc(C)c1OCc1nnc(SC(C)C(=O)NCC(F)(F)F)n1N. The number of ether oxygens (including phenoxy) is 1. The van der Waals surface area contributed by atoms with Gasteiger partial charge in [0.2, 0.25) is 11.1 Å². The topological polar surface area (TPSA) is 95.1 Å². The summed E-state index contributed by atoms with van der Waals surface area (Å²) in [4.78, 5) is 11.7. The van der Waals surface area contributed by atoms with Gasteiger partial charge in [0.1, 0.15) is 18.9 Å². The number of amides is 1. The van der Waals surface area contributed by atoms with Crippen LogP contribution in [0.5, 0.6) is 5.75 Å². The van der Waals surface area contributed by atoms with Crippen LogP contribution in [0, 0.1) is 13.8 Å². The number of hydrogen-bond donors (Lipinski definition) is 2. The molecular formula is C16H20F3N5O2S. The number of halogens is 3. The minimum absolute atomic E-state index is 0.0599. The van der Waals surface area contributed by atoms with Gasteiger partial charge in [-0.2, -0.15) is 13.2 Å². The number of nitrogens with two attached hydrogens (primary N) is 1. The van der Waals surface area contributed by atoms with E-state index in [-0.39, 0.29) is 11.8 Å². The van der Waals surface area contributed by atoms with Crippen LogP contribution >= 0.6 is 11.8 Å². The van der Waals surface area contributed by atoms with Crippen LogP contribution in [0.1, 0.15) is 23.9 Å². The molecule has 1 aromatic heterocycles. The normalized spacial score (nSPS) is 12.7. The summed E-state index contributed by atoms with van der Waals surface area (Å²) < 4.78 is 43.4. The number of nitrogen functional groups attached to an aromatic ring is 1. The van der Waals surface area contributed by atoms with E-state index in [1.807, 2.05) is 37.4 Å². The number of carbonyl (C=O) groups excluding carboxylic acids is 1. The smallest absolute Gasteiger partial charge is 0.405 e. The standard InChI is InChI=1S/C16H20F3N5O2S/c1-9-5-4-6-10(2)13(9)26-7-12-22-23-15(24(12)20)27-11(3)14(25)21-8-16(17,18)19/h4-6,11H,7-8,20H2,1-3H3,(H,21,25). The Balaban J connectivity index is 1.97. The minimum atomic E-state index is -4.47. The number of carbonyl (C=O) groups is 1. The number of rotatable bonds is 7. The maximum Gasteiger partial charge on any atom is 0.405 e. The maximum atomic E-state index is 12.2. The van der Waals surface area contributed by atoms with E-state index in [0.29, 0.717) is 5.82 Å². The molecule has 2 aromatic rings. The summed E-state index contributed by atoms with van der Waals surface area (Å²) in [7, 11) is 0. The third-order valence-corrected chi connectivity index (χ3v) is 4.66. The van der Waals surface area contributed by atoms with Gasteiger partial charge in [-0.25, -0.2) is 4.68 Å². The van der Waals surface area contributed by atoms with Crippen LogP contribution in [0.25, 0.3) is 0 Å². The summed E-state index contributed by atoms with van der Waals surface area (Å²) in [5.74, 6) is 6.18. The average Bonchev–Trinajstić information content (AvgIpc) is 2.92. The molecule has 0 fully saturated rings. The van der Waals surface area contributed by atoms with Crippen LogP contribution < -0.4 is 15.9 Å². The van der Waals surface area contributed by atoms with Crippen LogP contribution in [0.4, 0.5) is 13.2 Å². The van der Waals surface area contributed by atoms with Gasteiger partial charge in [0.25, 0.3) is 0 Å². The molecule has 1 amide bonds. The Morgan fingerprint density at radius 2 is 1.96 bits per heavy atom. The molecule has 2 rings (SSSR count). The van der Waals surface area contributed by atoms with Crippen LogP contribution in [0.2, 0.25) is 0 Å². The third kappa shape index (κ3) is 5.78. The highest BCUT2D eigenvalue weighted by atomic mass is 32.2. The lowest BCUT2D eigenvalue weighted by Crippen LogP contribution is -2.38. The lowest BCUT2D eigenvalue weighted by molar-refractivity contribution is -0.137. The van der Waals surface area contributed by atoms with E-state index in [1.54, 1.807) is 0 Å². The summed E-state index contributed by atoms with van der Waals surface area (Å²) in [6.07, 6.45) is -4.47. The van der Waals surface area contributed by atoms with Crippen molar-refractivity contribution >= 4 is 17.7 Å². The number of benzene rings is 1. The summed E-state index contributed by atoms with van der Waals surface area (Å²) in [6, 6.07) is 5.75. The Morgan fingerprint density at radius 3 is 2.56 bits per heavy atom. The van der Waals surface area contributed by atoms with Crippen LogP contribution in [-0.4, -0.2) is 38.8 Å². The Kier molecular flexibility index (Phi) is 6.58. The minimum Gasteiger partial charge on any atom is -0.485 e. The fourth-order valence-corrected chi connectivity index (χ4v) is 3.01. The molecule has 0 aliphatic heterocycles. The highest BCUT2D eigenvalue weighted by molar-refractivity contribution is 8.00. The molecule has 1 heterocycles. The van der Waals surface area contributed by atoms with Gasteiger partial charge in [-0.1, -0.05) is 30.0 Å². The Bertz CT molecular complexity index is 790. The van der Waals surface area contributed by atoms with Crippen molar-refractivity contribution in [3.8, 4) is 5.75 Å². The highest BCUT2D eigenvalue weighted by Gasteiger charge is 2.29. The van der Waals surface area contributed by atoms with Crippen LogP contribution in [0.15, 0.2) is 23.4 Å². The van der Waals surface area contributed by atoms with E-state index < -0.39 is 23.9 Å². The summed E-state index contributed by atoms with van der Waals surface area (Å²) in [5, 5.41) is 8.98. The maximum absolute atomic E-state index is 12.2. The second kappa shape index (κ2) is 8.51. The third-order valence-electron chi connectivity index (χ3n) is 3.60. The zero-order valence-electron chi connectivity index (χ0n) is 15.0. The molecule has 1 aromatic carbocycles. The molecule has 0 bridgehead atoms. The number of thioether (sulfide) groups is 1. The van der Waals surface area contributed by atoms with Gasteiger partial charge in [0.15, 0.2) is 5.82 Å². The number of nitrogens with one attached hydrogen (secondary N) is 1. The number of para-hydroxylation sites is 1. The van der Waals surface area contributed by atoms with Crippen molar-refractivity contribution in [1.29, 1.82) is 0 Å². The molecule has 1 unspecified atom stereocenters. The molecule has 0 radical (unpaired) electrons. The van der Waals surface area contributed by atoms with E-state index in [2.05, 4.69) is 10.2 Å². The van der Waals surface area contributed by atoms with Crippen molar-refractivity contribution in [1.82, 2.24) is 20.2 Å². The first-order valence-electron chi connectivity index (χ1n) is 7.98. The number of alkyl halides is 3. The fourth-order valence-electron chi connectivity index (χ4n) is 2.19. The van der Waals surface area contributed by atoms with Gasteiger partial charge in [-0.3, -0.25) is 4.79 Å². The summed E-state index contributed by atoms with van der Waals surface area (Å²) >= 11 is 0.907. The quantitative estimate of drug-likeness (QED) is 0.544. The lowest BCUT2D eigenvalue weighted by Gasteiger charge is -2.13. The Morgan fingerprint density at radius 1 is 1.33 bits per heavy atom. The van der Waals surface area contributed by atoms with Gasteiger partial charge < -0.3 is 15.9 Å². The van der Waals surface area contributed by atoms with E-state index >= 15 is 0 Å². The first-order valence-corrected chi connectivity index (χ1v) is 8.86. The first kappa shape index (κ1) is 20.9. The molecule has 0 saturated carbocycles. The number of nitrogens with zero attached hydrogens (tertiary/aromatic N) is 3. The fraction of sp³-hybridized carbons (Fsp3) is 0.438. The molecule has 0 spiro atoms. The second-order valence-corrected chi connectivity index (χ2v) is 7.18. The molecule has 148 valence electrons. The van der Waals surface area contributed by atoms with Gasteiger partial charge in [0, 0.05) is 0 Å². The number of hydrogen-bond acceptors (Lipinski definition) is 6. The average molecular weight is 403 g/mol. The van der Waals surface area contributed by atoms with Gasteiger partial charge in [0.05, 0.1) is 5.25 Å². The predicted molar refractivity (Wildman–Crippen MR) is 94.8 cm³/mol. The van der Waals surface area contributed by atoms with Crippen molar-refractivity contribution in [2.45, 2.75) is 44.0 Å². The Labute approximate surface area is 158 Å². The zero-order chi connectivity index (χ0) is 20.2. The van der Waals surface area contributed by atoms with Crippen LogP contribution in [0.3, 0.4) is 0 Å². The van der Waals surface area contributed by atoms with Gasteiger partial charge in [-0.15, -0.1) is 10.2 Å². The van der Waals surface area contributed by atoms with E-state index in [0.717, 1.165) is 33.3 Å². The number of aromatic nitrogens is 3. The summed E-state index contributed by atoms with van der Waals surface area (Å²) in [6.45, 7) is 3.96. The largest absolute Gasteiger partial charge is 0.485 e. The molecule has 7 nitrogen and oxygen atoms in total. The monoisotopic (exact) mass is 403 g/mol. The van der Waals surface area contributed by atoms with Crippen molar-refractivity contribution in [3.63, 3.8) is 0 Å². The molecule has 1 atom stereocenters. The predicted octanol–water partition coefficient (Wildman–Crippen LogP) is 2.35. The molecule has 0 aliphatic rings. The van der Waals surface area contributed by atoms with E-state index in [1.165, 1.54) is 6.92 Å². The van der Waals surface area contributed by atoms with Gasteiger partial charge in [-0.05, 0) is 31.9 Å². The molecule has 27 heavy (non-hydrogen) atoms. The highest BCUT2D eigenvalue weighted by Crippen LogP contribution is 2.25. The Hall–Kier alpha value is -2.43.